The number of rotatable bonds is 6. The topological polar surface area (TPSA) is 92.8 Å². The van der Waals surface area contributed by atoms with Gasteiger partial charge in [0.25, 0.3) is 5.91 Å². The summed E-state index contributed by atoms with van der Waals surface area (Å²) in [4.78, 5) is 24.1. The van der Waals surface area contributed by atoms with Gasteiger partial charge < -0.3 is 10.1 Å². The predicted octanol–water partition coefficient (Wildman–Crippen LogP) is 2.92. The lowest BCUT2D eigenvalue weighted by atomic mass is 10.1. The molecule has 0 radical (unpaired) electrons. The first-order chi connectivity index (χ1) is 13.5. The zero-order valence-corrected chi connectivity index (χ0v) is 16.9. The molecule has 1 aromatic carbocycles. The molecule has 1 saturated carbocycles. The van der Waals surface area contributed by atoms with Gasteiger partial charge in [-0.3, -0.25) is 9.59 Å². The maximum absolute atomic E-state index is 12.8. The van der Waals surface area contributed by atoms with Gasteiger partial charge in [-0.15, -0.1) is 0 Å². The first-order valence-corrected chi connectivity index (χ1v) is 11.5. The molecule has 28 heavy (non-hydrogen) atoms. The number of amides is 1. The lowest BCUT2D eigenvalue weighted by molar-refractivity contribution is -0.151. The molecule has 8 heteroatoms. The van der Waals surface area contributed by atoms with Crippen LogP contribution < -0.4 is 5.32 Å². The summed E-state index contributed by atoms with van der Waals surface area (Å²) in [6.45, 7) is 0.767. The van der Waals surface area contributed by atoms with E-state index in [1.807, 2.05) is 0 Å². The fraction of sp³-hybridized carbons (Fsp3) is 0.600. The second kappa shape index (κ2) is 9.52. The van der Waals surface area contributed by atoms with E-state index in [9.17, 15) is 18.0 Å². The molecule has 1 aliphatic heterocycles. The number of nitrogens with one attached hydrogen (secondary N) is 1. The molecule has 1 heterocycles. The molecule has 154 valence electrons. The van der Waals surface area contributed by atoms with Gasteiger partial charge in [-0.25, -0.2) is 8.42 Å². The molecule has 0 spiro atoms. The molecule has 1 N–H and O–H groups in total. The Kier molecular flexibility index (Phi) is 7.07. The maximum atomic E-state index is 12.8. The van der Waals surface area contributed by atoms with Crippen LogP contribution in [-0.2, 0) is 24.3 Å². The standard InChI is InChI=1S/C20H28N2O5S/c23-19(15-27-20(24)16-7-3-4-8-16)21-17-9-11-18(12-10-17)28(25,26)22-13-5-1-2-6-14-22/h9-12,16H,1-8,13-15H2,(H,21,23). The normalized spacial score (nSPS) is 19.1. The third kappa shape index (κ3) is 5.32. The van der Waals surface area contributed by atoms with E-state index in [0.29, 0.717) is 18.8 Å². The molecule has 1 aromatic rings. The minimum atomic E-state index is -3.51. The molecule has 0 aromatic heterocycles. The Bertz CT molecular complexity index is 777. The molecule has 1 amide bonds. The Morgan fingerprint density at radius 2 is 1.57 bits per heavy atom. The number of carbonyl (C=O) groups excluding carboxylic acids is 2. The maximum Gasteiger partial charge on any atom is 0.309 e. The van der Waals surface area contributed by atoms with Gasteiger partial charge in [0.15, 0.2) is 6.61 Å². The highest BCUT2D eigenvalue weighted by Gasteiger charge is 2.26. The van der Waals surface area contributed by atoms with Crippen molar-refractivity contribution in [2.24, 2.45) is 5.92 Å². The number of anilines is 1. The van der Waals surface area contributed by atoms with E-state index in [1.165, 1.54) is 16.4 Å². The van der Waals surface area contributed by atoms with E-state index in [-0.39, 0.29) is 23.4 Å². The lowest BCUT2D eigenvalue weighted by Gasteiger charge is -2.20. The van der Waals surface area contributed by atoms with Gasteiger partial charge in [0.2, 0.25) is 10.0 Å². The average Bonchev–Trinajstić information content (AvgIpc) is 3.08. The molecule has 0 atom stereocenters. The fourth-order valence-electron chi connectivity index (χ4n) is 3.75. The van der Waals surface area contributed by atoms with Gasteiger partial charge >= 0.3 is 5.97 Å². The van der Waals surface area contributed by atoms with Gasteiger partial charge in [0.05, 0.1) is 10.8 Å². The van der Waals surface area contributed by atoms with Crippen LogP contribution >= 0.6 is 0 Å². The van der Waals surface area contributed by atoms with Crippen molar-refractivity contribution in [1.82, 2.24) is 4.31 Å². The Balaban J connectivity index is 1.53. The summed E-state index contributed by atoms with van der Waals surface area (Å²) in [5, 5.41) is 2.63. The average molecular weight is 409 g/mol. The molecular weight excluding hydrogens is 380 g/mol. The van der Waals surface area contributed by atoms with Crippen LogP contribution in [0.5, 0.6) is 0 Å². The molecule has 0 unspecified atom stereocenters. The highest BCUT2D eigenvalue weighted by atomic mass is 32.2. The van der Waals surface area contributed by atoms with Crippen molar-refractivity contribution < 1.29 is 22.7 Å². The monoisotopic (exact) mass is 408 g/mol. The van der Waals surface area contributed by atoms with Crippen molar-refractivity contribution in [3.8, 4) is 0 Å². The van der Waals surface area contributed by atoms with Gasteiger partial charge in [0, 0.05) is 18.8 Å². The Morgan fingerprint density at radius 1 is 0.964 bits per heavy atom. The van der Waals surface area contributed by atoms with Crippen LogP contribution in [0.15, 0.2) is 29.2 Å². The van der Waals surface area contributed by atoms with Gasteiger partial charge in [-0.2, -0.15) is 4.31 Å². The zero-order chi connectivity index (χ0) is 20.0. The molecule has 1 saturated heterocycles. The minimum Gasteiger partial charge on any atom is -0.455 e. The van der Waals surface area contributed by atoms with Gasteiger partial charge in [-0.1, -0.05) is 25.7 Å². The third-order valence-electron chi connectivity index (χ3n) is 5.37. The predicted molar refractivity (Wildman–Crippen MR) is 105 cm³/mol. The molecule has 1 aliphatic carbocycles. The summed E-state index contributed by atoms with van der Waals surface area (Å²) in [5.74, 6) is -0.836. The molecule has 0 bridgehead atoms. The number of hydrogen-bond donors (Lipinski definition) is 1. The molecule has 7 nitrogen and oxygen atoms in total. The first-order valence-electron chi connectivity index (χ1n) is 10.0. The summed E-state index contributed by atoms with van der Waals surface area (Å²) in [6, 6.07) is 6.11. The highest BCUT2D eigenvalue weighted by molar-refractivity contribution is 7.89. The van der Waals surface area contributed by atoms with Crippen LogP contribution in [0.4, 0.5) is 5.69 Å². The number of ether oxygens (including phenoxy) is 1. The number of sulfonamides is 1. The van der Waals surface area contributed by atoms with Crippen LogP contribution in [0.2, 0.25) is 0 Å². The quantitative estimate of drug-likeness (QED) is 0.731. The number of hydrogen-bond acceptors (Lipinski definition) is 5. The Morgan fingerprint density at radius 3 is 2.18 bits per heavy atom. The van der Waals surface area contributed by atoms with Gasteiger partial charge in [0.1, 0.15) is 0 Å². The fourth-order valence-corrected chi connectivity index (χ4v) is 5.27. The first kappa shape index (κ1) is 20.8. The summed E-state index contributed by atoms with van der Waals surface area (Å²) in [6.07, 6.45) is 7.59. The second-order valence-electron chi connectivity index (χ2n) is 7.48. The number of benzene rings is 1. The molecule has 3 rings (SSSR count). The van der Waals surface area contributed by atoms with E-state index in [4.69, 9.17) is 4.74 Å². The summed E-state index contributed by atoms with van der Waals surface area (Å²) >= 11 is 0. The van der Waals surface area contributed by atoms with E-state index in [1.54, 1.807) is 12.1 Å². The molecule has 2 fully saturated rings. The van der Waals surface area contributed by atoms with E-state index in [0.717, 1.165) is 51.4 Å². The van der Waals surface area contributed by atoms with Crippen LogP contribution in [0.1, 0.15) is 51.4 Å². The van der Waals surface area contributed by atoms with Crippen LogP contribution in [-0.4, -0.2) is 44.3 Å². The third-order valence-corrected chi connectivity index (χ3v) is 7.29. The summed E-state index contributed by atoms with van der Waals surface area (Å²) in [7, 11) is -3.51. The van der Waals surface area contributed by atoms with Crippen molar-refractivity contribution in [2.45, 2.75) is 56.3 Å². The van der Waals surface area contributed by atoms with Crippen molar-refractivity contribution in [2.75, 3.05) is 25.0 Å². The Hall–Kier alpha value is -1.93. The van der Waals surface area contributed by atoms with Crippen LogP contribution in [0.3, 0.4) is 0 Å². The van der Waals surface area contributed by atoms with E-state index in [2.05, 4.69) is 5.32 Å². The Labute approximate surface area is 166 Å². The van der Waals surface area contributed by atoms with Crippen LogP contribution in [0, 0.1) is 5.92 Å². The molecular formula is C20H28N2O5S. The lowest BCUT2D eigenvalue weighted by Crippen LogP contribution is -2.31. The van der Waals surface area contributed by atoms with Crippen molar-refractivity contribution >= 4 is 27.6 Å². The number of carbonyl (C=O) groups is 2. The van der Waals surface area contributed by atoms with Gasteiger partial charge in [-0.05, 0) is 49.9 Å². The minimum absolute atomic E-state index is 0.0868. The van der Waals surface area contributed by atoms with E-state index >= 15 is 0 Å². The smallest absolute Gasteiger partial charge is 0.309 e. The largest absolute Gasteiger partial charge is 0.455 e. The summed E-state index contributed by atoms with van der Waals surface area (Å²) < 4.78 is 32.1. The molecule has 2 aliphatic rings. The van der Waals surface area contributed by atoms with Crippen LogP contribution in [0.25, 0.3) is 0 Å². The van der Waals surface area contributed by atoms with Crippen molar-refractivity contribution in [3.05, 3.63) is 24.3 Å². The second-order valence-corrected chi connectivity index (χ2v) is 9.42. The van der Waals surface area contributed by atoms with E-state index < -0.39 is 15.9 Å². The number of nitrogens with zero attached hydrogens (tertiary/aromatic N) is 1. The van der Waals surface area contributed by atoms with Crippen molar-refractivity contribution in [1.29, 1.82) is 0 Å². The SMILES string of the molecule is O=C(COC(=O)C1CCCC1)Nc1ccc(S(=O)(=O)N2CCCCCC2)cc1. The zero-order valence-electron chi connectivity index (χ0n) is 16.1. The summed E-state index contributed by atoms with van der Waals surface area (Å²) in [5.41, 5.74) is 0.469. The number of esters is 1. The van der Waals surface area contributed by atoms with Crippen molar-refractivity contribution in [3.63, 3.8) is 0 Å². The highest BCUT2D eigenvalue weighted by Crippen LogP contribution is 2.26.